The summed E-state index contributed by atoms with van der Waals surface area (Å²) < 4.78 is 11.1. The predicted octanol–water partition coefficient (Wildman–Crippen LogP) is 2.46. The molecule has 24 heavy (non-hydrogen) atoms. The van der Waals surface area contributed by atoms with E-state index >= 15 is 0 Å². The maximum Gasteiger partial charge on any atom is 0.231 e. The van der Waals surface area contributed by atoms with Crippen LogP contribution in [0, 0.1) is 0 Å². The molecule has 0 spiro atoms. The third kappa shape index (κ3) is 3.62. The number of anilines is 1. The van der Waals surface area contributed by atoms with Gasteiger partial charge in [0, 0.05) is 45.3 Å². The standard InChI is InChI=1S/C19H29N3O2/c1-2-5-16(6-3-1)20-9-10-21-11-13-22(14-12-21)17-7-4-8-18-19(17)24-15-23-18/h4,7-8,16,20H,1-3,5-6,9-15H2. The van der Waals surface area contributed by atoms with E-state index < -0.39 is 0 Å². The molecule has 132 valence electrons. The summed E-state index contributed by atoms with van der Waals surface area (Å²) in [7, 11) is 0. The Kier molecular flexibility index (Phi) is 5.09. The Morgan fingerprint density at radius 2 is 1.83 bits per heavy atom. The van der Waals surface area contributed by atoms with Crippen molar-refractivity contribution >= 4 is 5.69 Å². The summed E-state index contributed by atoms with van der Waals surface area (Å²) in [6.45, 7) is 7.00. The number of ether oxygens (including phenoxy) is 2. The molecule has 0 amide bonds. The largest absolute Gasteiger partial charge is 0.454 e. The molecule has 4 rings (SSSR count). The molecule has 5 heteroatoms. The fourth-order valence-electron chi connectivity index (χ4n) is 4.11. The molecule has 0 unspecified atom stereocenters. The van der Waals surface area contributed by atoms with Gasteiger partial charge in [-0.25, -0.2) is 0 Å². The van der Waals surface area contributed by atoms with Crippen molar-refractivity contribution in [2.24, 2.45) is 0 Å². The number of rotatable bonds is 5. The second kappa shape index (κ2) is 7.62. The van der Waals surface area contributed by atoms with E-state index in [9.17, 15) is 0 Å². The fraction of sp³-hybridized carbons (Fsp3) is 0.684. The first-order valence-corrected chi connectivity index (χ1v) is 9.49. The first-order valence-electron chi connectivity index (χ1n) is 9.49. The molecule has 0 radical (unpaired) electrons. The Bertz CT molecular complexity index is 537. The van der Waals surface area contributed by atoms with Crippen LogP contribution in [0.5, 0.6) is 11.5 Å². The minimum Gasteiger partial charge on any atom is -0.454 e. The summed E-state index contributed by atoms with van der Waals surface area (Å²) in [6.07, 6.45) is 6.98. The van der Waals surface area contributed by atoms with E-state index in [0.29, 0.717) is 6.79 Å². The highest BCUT2D eigenvalue weighted by Gasteiger charge is 2.24. The van der Waals surface area contributed by atoms with Crippen molar-refractivity contribution in [2.45, 2.75) is 38.1 Å². The molecule has 3 aliphatic rings. The van der Waals surface area contributed by atoms with E-state index in [1.165, 1.54) is 37.8 Å². The number of piperazine rings is 1. The second-order valence-electron chi connectivity index (χ2n) is 7.13. The zero-order valence-corrected chi connectivity index (χ0v) is 14.5. The number of benzene rings is 1. The van der Waals surface area contributed by atoms with E-state index in [1.807, 2.05) is 6.07 Å². The number of para-hydroxylation sites is 1. The van der Waals surface area contributed by atoms with Gasteiger partial charge in [0.1, 0.15) is 0 Å². The summed E-state index contributed by atoms with van der Waals surface area (Å²) in [6, 6.07) is 6.96. The van der Waals surface area contributed by atoms with Crippen LogP contribution in [-0.4, -0.2) is 57.0 Å². The Balaban J connectivity index is 1.23. The van der Waals surface area contributed by atoms with E-state index in [0.717, 1.165) is 56.8 Å². The summed E-state index contributed by atoms with van der Waals surface area (Å²) in [5, 5.41) is 3.75. The summed E-state index contributed by atoms with van der Waals surface area (Å²) >= 11 is 0. The SMILES string of the molecule is c1cc2c(c(N3CCN(CCNC4CCCCC4)CC3)c1)OCO2. The molecular weight excluding hydrogens is 302 g/mol. The highest BCUT2D eigenvalue weighted by atomic mass is 16.7. The third-order valence-corrected chi connectivity index (χ3v) is 5.56. The maximum absolute atomic E-state index is 5.65. The van der Waals surface area contributed by atoms with Gasteiger partial charge in [0.05, 0.1) is 5.69 Å². The smallest absolute Gasteiger partial charge is 0.231 e. The number of hydrogen-bond acceptors (Lipinski definition) is 5. The van der Waals surface area contributed by atoms with Crippen molar-refractivity contribution < 1.29 is 9.47 Å². The average molecular weight is 331 g/mol. The van der Waals surface area contributed by atoms with Gasteiger partial charge in [-0.2, -0.15) is 0 Å². The lowest BCUT2D eigenvalue weighted by Gasteiger charge is -2.36. The zero-order chi connectivity index (χ0) is 16.2. The van der Waals surface area contributed by atoms with Gasteiger partial charge in [-0.05, 0) is 25.0 Å². The van der Waals surface area contributed by atoms with Crippen molar-refractivity contribution in [1.29, 1.82) is 0 Å². The van der Waals surface area contributed by atoms with Crippen molar-refractivity contribution in [3.05, 3.63) is 18.2 Å². The number of nitrogens with zero attached hydrogens (tertiary/aromatic N) is 2. The van der Waals surface area contributed by atoms with Crippen LogP contribution in [-0.2, 0) is 0 Å². The van der Waals surface area contributed by atoms with Crippen LogP contribution in [0.25, 0.3) is 0 Å². The van der Waals surface area contributed by atoms with Crippen LogP contribution < -0.4 is 19.7 Å². The van der Waals surface area contributed by atoms with Crippen LogP contribution >= 0.6 is 0 Å². The molecule has 0 atom stereocenters. The van der Waals surface area contributed by atoms with Crippen LogP contribution in [0.1, 0.15) is 32.1 Å². The average Bonchev–Trinajstić information content (AvgIpc) is 3.12. The molecule has 0 bridgehead atoms. The fourth-order valence-corrected chi connectivity index (χ4v) is 4.11. The number of nitrogens with one attached hydrogen (secondary N) is 1. The lowest BCUT2D eigenvalue weighted by molar-refractivity contribution is 0.174. The second-order valence-corrected chi connectivity index (χ2v) is 7.13. The molecule has 0 aromatic heterocycles. The van der Waals surface area contributed by atoms with E-state index in [4.69, 9.17) is 9.47 Å². The maximum atomic E-state index is 5.65. The highest BCUT2D eigenvalue weighted by Crippen LogP contribution is 2.41. The van der Waals surface area contributed by atoms with Gasteiger partial charge in [0.25, 0.3) is 0 Å². The predicted molar refractivity (Wildman–Crippen MR) is 96.1 cm³/mol. The Labute approximate surface area is 144 Å². The molecule has 1 aromatic carbocycles. The zero-order valence-electron chi connectivity index (χ0n) is 14.5. The normalized spacial score (nSPS) is 22.1. The quantitative estimate of drug-likeness (QED) is 0.897. The molecule has 1 saturated heterocycles. The van der Waals surface area contributed by atoms with Gasteiger partial charge in [-0.3, -0.25) is 4.90 Å². The van der Waals surface area contributed by atoms with Gasteiger partial charge in [-0.1, -0.05) is 25.3 Å². The third-order valence-electron chi connectivity index (χ3n) is 5.56. The first-order chi connectivity index (χ1) is 11.9. The van der Waals surface area contributed by atoms with Crippen LogP contribution in [0.4, 0.5) is 5.69 Å². The Hall–Kier alpha value is -1.46. The lowest BCUT2D eigenvalue weighted by Crippen LogP contribution is -2.49. The van der Waals surface area contributed by atoms with Crippen LogP contribution in [0.15, 0.2) is 18.2 Å². The van der Waals surface area contributed by atoms with Gasteiger partial charge >= 0.3 is 0 Å². The topological polar surface area (TPSA) is 37.0 Å². The molecule has 5 nitrogen and oxygen atoms in total. The number of hydrogen-bond donors (Lipinski definition) is 1. The van der Waals surface area contributed by atoms with Crippen molar-refractivity contribution in [3.8, 4) is 11.5 Å². The first kappa shape index (κ1) is 16.0. The van der Waals surface area contributed by atoms with Gasteiger partial charge in [0.15, 0.2) is 11.5 Å². The summed E-state index contributed by atoms with van der Waals surface area (Å²) in [4.78, 5) is 5.01. The van der Waals surface area contributed by atoms with Gasteiger partial charge in [0.2, 0.25) is 6.79 Å². The Morgan fingerprint density at radius 3 is 2.67 bits per heavy atom. The van der Waals surface area contributed by atoms with Crippen molar-refractivity contribution in [3.63, 3.8) is 0 Å². The van der Waals surface area contributed by atoms with Gasteiger partial charge < -0.3 is 19.7 Å². The lowest BCUT2D eigenvalue weighted by atomic mass is 9.95. The molecule has 1 saturated carbocycles. The Morgan fingerprint density at radius 1 is 1.00 bits per heavy atom. The minimum absolute atomic E-state index is 0.346. The van der Waals surface area contributed by atoms with Crippen molar-refractivity contribution in [1.82, 2.24) is 10.2 Å². The summed E-state index contributed by atoms with van der Waals surface area (Å²) in [5.74, 6) is 1.80. The molecule has 1 N–H and O–H groups in total. The molecule has 1 aliphatic carbocycles. The molecule has 2 heterocycles. The van der Waals surface area contributed by atoms with Crippen LogP contribution in [0.3, 0.4) is 0 Å². The summed E-state index contributed by atoms with van der Waals surface area (Å²) in [5.41, 5.74) is 1.19. The highest BCUT2D eigenvalue weighted by molar-refractivity contribution is 5.65. The molecule has 1 aromatic rings. The number of fused-ring (bicyclic) bond motifs is 1. The van der Waals surface area contributed by atoms with Gasteiger partial charge in [-0.15, -0.1) is 0 Å². The molecule has 2 fully saturated rings. The van der Waals surface area contributed by atoms with E-state index in [1.54, 1.807) is 0 Å². The monoisotopic (exact) mass is 331 g/mol. The van der Waals surface area contributed by atoms with E-state index in [-0.39, 0.29) is 0 Å². The van der Waals surface area contributed by atoms with Crippen molar-refractivity contribution in [2.75, 3.05) is 51.0 Å². The minimum atomic E-state index is 0.346. The molecule has 2 aliphatic heterocycles. The van der Waals surface area contributed by atoms with Crippen LogP contribution in [0.2, 0.25) is 0 Å². The molecular formula is C19H29N3O2. The van der Waals surface area contributed by atoms with E-state index in [2.05, 4.69) is 27.2 Å².